The summed E-state index contributed by atoms with van der Waals surface area (Å²) < 4.78 is 12.6. The van der Waals surface area contributed by atoms with Gasteiger partial charge >= 0.3 is 11.8 Å². The molecular weight excluding hydrogens is 290 g/mol. The van der Waals surface area contributed by atoms with Gasteiger partial charge in [-0.1, -0.05) is 10.4 Å². The fourth-order valence-corrected chi connectivity index (χ4v) is 3.01. The normalized spacial score (nSPS) is 24.7. The monoisotopic (exact) mass is 305 g/mol. The van der Waals surface area contributed by atoms with E-state index in [0.29, 0.717) is 19.0 Å². The Kier molecular flexibility index (Phi) is 3.12. The van der Waals surface area contributed by atoms with Gasteiger partial charge in [-0.15, -0.1) is 5.10 Å². The minimum Gasteiger partial charge on any atom is -0.370 e. The van der Waals surface area contributed by atoms with Crippen molar-refractivity contribution in [2.45, 2.75) is 31.7 Å². The molecule has 1 fully saturated rings. The minimum absolute atomic E-state index is 0.127. The smallest absolute Gasteiger partial charge is 0.315 e. The number of rotatable bonds is 3. The van der Waals surface area contributed by atoms with E-state index >= 15 is 0 Å². The number of nitrogens with two attached hydrogens (primary N) is 1. The summed E-state index contributed by atoms with van der Waals surface area (Å²) in [6, 6.07) is 0.127. The Morgan fingerprint density at radius 1 is 1.50 bits per heavy atom. The maximum absolute atomic E-state index is 11.0. The lowest BCUT2D eigenvalue weighted by atomic mass is 10.0. The second kappa shape index (κ2) is 5.14. The van der Waals surface area contributed by atoms with Crippen molar-refractivity contribution < 1.29 is 14.1 Å². The third kappa shape index (κ3) is 2.25. The molecule has 0 aliphatic carbocycles. The number of hydrogen-bond donors (Lipinski definition) is 1. The number of ether oxygens (including phenoxy) is 1. The zero-order valence-corrected chi connectivity index (χ0v) is 11.8. The van der Waals surface area contributed by atoms with Crippen LogP contribution in [0.3, 0.4) is 0 Å². The highest BCUT2D eigenvalue weighted by Gasteiger charge is 2.36. The number of carbonyl (C=O) groups excluding carboxylic acids is 1. The molecule has 2 atom stereocenters. The molecule has 10 heteroatoms. The summed E-state index contributed by atoms with van der Waals surface area (Å²) in [6.45, 7) is 2.65. The Labute approximate surface area is 125 Å². The predicted molar refractivity (Wildman–Crippen MR) is 70.3 cm³/mol. The number of piperidine rings is 1. The second-order valence-electron chi connectivity index (χ2n) is 5.49. The Morgan fingerprint density at radius 2 is 2.41 bits per heavy atom. The molecule has 1 saturated heterocycles. The van der Waals surface area contributed by atoms with E-state index in [9.17, 15) is 4.79 Å². The second-order valence-corrected chi connectivity index (χ2v) is 5.49. The quantitative estimate of drug-likeness (QED) is 0.773. The van der Waals surface area contributed by atoms with Crippen molar-refractivity contribution in [1.82, 2.24) is 30.0 Å². The first-order valence-corrected chi connectivity index (χ1v) is 7.06. The van der Waals surface area contributed by atoms with Gasteiger partial charge in [-0.3, -0.25) is 9.69 Å². The number of aromatic nitrogens is 5. The molecule has 2 aromatic rings. The van der Waals surface area contributed by atoms with Gasteiger partial charge in [0, 0.05) is 13.1 Å². The highest BCUT2D eigenvalue weighted by Crippen LogP contribution is 2.30. The summed E-state index contributed by atoms with van der Waals surface area (Å²) in [4.78, 5) is 17.1. The molecule has 1 amide bonds. The predicted octanol–water partition coefficient (Wildman–Crippen LogP) is -0.894. The van der Waals surface area contributed by atoms with Crippen LogP contribution < -0.4 is 5.73 Å². The molecule has 0 unspecified atom stereocenters. The molecule has 4 heterocycles. The van der Waals surface area contributed by atoms with E-state index in [1.807, 2.05) is 4.68 Å². The molecule has 0 spiro atoms. The lowest BCUT2D eigenvalue weighted by molar-refractivity contribution is -0.0673. The molecule has 10 nitrogen and oxygen atoms in total. The first-order valence-electron chi connectivity index (χ1n) is 7.06. The summed E-state index contributed by atoms with van der Waals surface area (Å²) >= 11 is 0. The molecule has 2 N–H and O–H groups in total. The van der Waals surface area contributed by atoms with Gasteiger partial charge in [0.05, 0.1) is 37.2 Å². The standard InChI is InChI=1S/C12H15N7O3/c13-11(20)12-15-10(16-22-12)5-18-2-1-9-8(4-18)19-7(6-21-9)3-14-17-19/h3,8-9H,1-2,4-6H2,(H2,13,20)/t8-,9-/m0/s1. The van der Waals surface area contributed by atoms with Crippen LogP contribution in [0.4, 0.5) is 0 Å². The van der Waals surface area contributed by atoms with Crippen LogP contribution in [0.5, 0.6) is 0 Å². The number of fused-ring (bicyclic) bond motifs is 3. The van der Waals surface area contributed by atoms with E-state index < -0.39 is 5.91 Å². The average Bonchev–Trinajstić information content (AvgIpc) is 3.15. The molecule has 2 aromatic heterocycles. The third-order valence-electron chi connectivity index (χ3n) is 4.06. The van der Waals surface area contributed by atoms with Crippen LogP contribution in [-0.2, 0) is 17.9 Å². The van der Waals surface area contributed by atoms with Crippen molar-refractivity contribution in [3.8, 4) is 0 Å². The molecule has 4 rings (SSSR count). The lowest BCUT2D eigenvalue weighted by Crippen LogP contribution is -2.47. The van der Waals surface area contributed by atoms with E-state index in [2.05, 4.69) is 25.4 Å². The van der Waals surface area contributed by atoms with E-state index in [-0.39, 0.29) is 18.0 Å². The van der Waals surface area contributed by atoms with Crippen LogP contribution >= 0.6 is 0 Å². The molecule has 0 aromatic carbocycles. The number of carbonyl (C=O) groups is 1. The van der Waals surface area contributed by atoms with Crippen molar-refractivity contribution in [3.63, 3.8) is 0 Å². The Bertz CT molecular complexity index is 696. The maximum atomic E-state index is 11.0. The zero-order valence-electron chi connectivity index (χ0n) is 11.8. The Morgan fingerprint density at radius 3 is 3.23 bits per heavy atom. The summed E-state index contributed by atoms with van der Waals surface area (Å²) in [5.74, 6) is -0.433. The first-order chi connectivity index (χ1) is 10.7. The van der Waals surface area contributed by atoms with Gasteiger partial charge in [-0.25, -0.2) is 4.68 Å². The molecule has 116 valence electrons. The van der Waals surface area contributed by atoms with Gasteiger partial charge in [-0.05, 0) is 6.42 Å². The van der Waals surface area contributed by atoms with Gasteiger partial charge in [0.15, 0.2) is 5.82 Å². The first kappa shape index (κ1) is 13.3. The van der Waals surface area contributed by atoms with Crippen molar-refractivity contribution in [3.05, 3.63) is 23.6 Å². The zero-order chi connectivity index (χ0) is 15.1. The maximum Gasteiger partial charge on any atom is 0.315 e. The molecule has 2 aliphatic heterocycles. The van der Waals surface area contributed by atoms with E-state index in [1.165, 1.54) is 0 Å². The Balaban J connectivity index is 1.48. The molecule has 0 saturated carbocycles. The number of likely N-dealkylation sites (tertiary alicyclic amines) is 1. The van der Waals surface area contributed by atoms with Crippen LogP contribution in [-0.4, -0.2) is 55.1 Å². The average molecular weight is 305 g/mol. The van der Waals surface area contributed by atoms with Crippen LogP contribution in [0.15, 0.2) is 10.7 Å². The van der Waals surface area contributed by atoms with Gasteiger partial charge in [0.25, 0.3) is 0 Å². The van der Waals surface area contributed by atoms with Crippen LogP contribution in [0.1, 0.15) is 34.7 Å². The topological polar surface area (TPSA) is 125 Å². The SMILES string of the molecule is NC(=O)c1nc(CN2CC[C@@H]3OCc4cnnn4[C@H]3C2)no1. The van der Waals surface area contributed by atoms with Crippen LogP contribution in [0, 0.1) is 0 Å². The highest BCUT2D eigenvalue weighted by atomic mass is 16.5. The highest BCUT2D eigenvalue weighted by molar-refractivity contribution is 5.87. The third-order valence-corrected chi connectivity index (χ3v) is 4.06. The van der Waals surface area contributed by atoms with Crippen molar-refractivity contribution in [1.29, 1.82) is 0 Å². The summed E-state index contributed by atoms with van der Waals surface area (Å²) in [6.07, 6.45) is 2.77. The summed E-state index contributed by atoms with van der Waals surface area (Å²) in [5.41, 5.74) is 6.09. The molecular formula is C12H15N7O3. The van der Waals surface area contributed by atoms with Crippen LogP contribution in [0.2, 0.25) is 0 Å². The van der Waals surface area contributed by atoms with Gasteiger partial charge < -0.3 is 15.0 Å². The molecule has 22 heavy (non-hydrogen) atoms. The lowest BCUT2D eigenvalue weighted by Gasteiger charge is -2.40. The number of nitrogens with zero attached hydrogens (tertiary/aromatic N) is 6. The largest absolute Gasteiger partial charge is 0.370 e. The van der Waals surface area contributed by atoms with E-state index in [4.69, 9.17) is 15.0 Å². The minimum atomic E-state index is -0.717. The molecule has 0 radical (unpaired) electrons. The van der Waals surface area contributed by atoms with Crippen molar-refractivity contribution in [2.24, 2.45) is 5.73 Å². The number of amides is 1. The number of primary amides is 1. The van der Waals surface area contributed by atoms with Gasteiger partial charge in [0.1, 0.15) is 0 Å². The van der Waals surface area contributed by atoms with E-state index in [0.717, 1.165) is 25.2 Å². The molecule has 2 aliphatic rings. The molecule has 0 bridgehead atoms. The summed E-state index contributed by atoms with van der Waals surface area (Å²) in [7, 11) is 0. The Hall–Kier alpha value is -2.33. The van der Waals surface area contributed by atoms with E-state index in [1.54, 1.807) is 6.20 Å². The van der Waals surface area contributed by atoms with Crippen molar-refractivity contribution >= 4 is 5.91 Å². The van der Waals surface area contributed by atoms with Crippen molar-refractivity contribution in [2.75, 3.05) is 13.1 Å². The number of hydrogen-bond acceptors (Lipinski definition) is 8. The fraction of sp³-hybridized carbons (Fsp3) is 0.583. The summed E-state index contributed by atoms with van der Waals surface area (Å²) in [5, 5.41) is 11.9. The van der Waals surface area contributed by atoms with Gasteiger partial charge in [-0.2, -0.15) is 4.98 Å². The van der Waals surface area contributed by atoms with Crippen LogP contribution in [0.25, 0.3) is 0 Å². The van der Waals surface area contributed by atoms with Gasteiger partial charge in [0.2, 0.25) is 0 Å². The fourth-order valence-electron chi connectivity index (χ4n) is 3.01.